The van der Waals surface area contributed by atoms with Gasteiger partial charge in [0.05, 0.1) is 18.4 Å². The van der Waals surface area contributed by atoms with E-state index in [0.29, 0.717) is 0 Å². The summed E-state index contributed by atoms with van der Waals surface area (Å²) in [5.41, 5.74) is -1.58. The number of nitrogens with one attached hydrogen (secondary N) is 1. The highest BCUT2D eigenvalue weighted by Gasteiger charge is 2.49. The molecule has 2 bridgehead atoms. The van der Waals surface area contributed by atoms with Gasteiger partial charge in [-0.25, -0.2) is 9.09 Å². The van der Waals surface area contributed by atoms with Crippen molar-refractivity contribution in [2.24, 2.45) is 28.6 Å². The van der Waals surface area contributed by atoms with Gasteiger partial charge >= 0.3 is 19.8 Å². The molecule has 2 aliphatic heterocycles. The van der Waals surface area contributed by atoms with E-state index in [4.69, 9.17) is 23.0 Å². The fraction of sp³-hybridized carbons (Fsp3) is 0.906. The number of amides is 1. The van der Waals surface area contributed by atoms with E-state index in [1.54, 1.807) is 34.6 Å². The van der Waals surface area contributed by atoms with Gasteiger partial charge in [0.15, 0.2) is 6.10 Å². The van der Waals surface area contributed by atoms with Crippen molar-refractivity contribution in [1.82, 2.24) is 10.2 Å². The molecule has 0 aromatic carbocycles. The maximum absolute atomic E-state index is 13.0. The summed E-state index contributed by atoms with van der Waals surface area (Å²) in [7, 11) is -4.15. The van der Waals surface area contributed by atoms with Crippen LogP contribution in [0.15, 0.2) is 0 Å². The second kappa shape index (κ2) is 15.4. The smallest absolute Gasteiger partial charge is 0.461 e. The molecule has 2 unspecified atom stereocenters. The number of likely N-dealkylation sites (tertiary alicyclic amines) is 1. The molecule has 0 aromatic heterocycles. The SMILES string of the molecule is CC(C)(C)C(=O)OCO[P@@]1(=O)OCC(C)(C)[C@H](C(=O)NCCC(=O)OC2CCN(CC3CC4CCCCC3CCCC4)C2)O1. The first-order valence-corrected chi connectivity index (χ1v) is 18.1. The third-order valence-corrected chi connectivity index (χ3v) is 11.0. The van der Waals surface area contributed by atoms with Crippen LogP contribution in [0.1, 0.15) is 105 Å². The molecule has 0 aromatic rings. The molecule has 2 heterocycles. The summed E-state index contributed by atoms with van der Waals surface area (Å²) in [6.07, 6.45) is 12.0. The Balaban J connectivity index is 1.18. The molecule has 0 radical (unpaired) electrons. The zero-order chi connectivity index (χ0) is 32.0. The Kier molecular flexibility index (Phi) is 12.4. The Labute approximate surface area is 263 Å². The molecule has 2 saturated heterocycles. The van der Waals surface area contributed by atoms with Crippen LogP contribution in [0.3, 0.4) is 0 Å². The lowest BCUT2D eigenvalue weighted by Crippen LogP contribution is -2.50. The van der Waals surface area contributed by atoms with Crippen LogP contribution < -0.4 is 5.32 Å². The Morgan fingerprint density at radius 2 is 1.70 bits per heavy atom. The predicted octanol–water partition coefficient (Wildman–Crippen LogP) is 5.61. The van der Waals surface area contributed by atoms with Gasteiger partial charge in [-0.15, -0.1) is 0 Å². The largest absolute Gasteiger partial charge is 0.478 e. The Hall–Kier alpha value is -1.52. The summed E-state index contributed by atoms with van der Waals surface area (Å²) in [4.78, 5) is 40.1. The summed E-state index contributed by atoms with van der Waals surface area (Å²) in [5, 5.41) is 2.70. The van der Waals surface area contributed by atoms with E-state index in [1.165, 1.54) is 57.8 Å². The summed E-state index contributed by atoms with van der Waals surface area (Å²) in [6, 6.07) is 0. The zero-order valence-corrected chi connectivity index (χ0v) is 28.4. The number of fused-ring (bicyclic) bond motifs is 3. The van der Waals surface area contributed by atoms with E-state index >= 15 is 0 Å². The van der Waals surface area contributed by atoms with Crippen LogP contribution in [0.2, 0.25) is 0 Å². The molecule has 4 atom stereocenters. The van der Waals surface area contributed by atoms with E-state index in [1.807, 2.05) is 0 Å². The van der Waals surface area contributed by atoms with Crippen LogP contribution >= 0.6 is 7.82 Å². The first kappa shape index (κ1) is 35.3. The average molecular weight is 643 g/mol. The van der Waals surface area contributed by atoms with Crippen molar-refractivity contribution in [2.45, 2.75) is 117 Å². The van der Waals surface area contributed by atoms with Gasteiger partial charge in [-0.3, -0.25) is 28.3 Å². The second-order valence-electron chi connectivity index (χ2n) is 15.0. The van der Waals surface area contributed by atoms with Gasteiger partial charge in [0, 0.05) is 31.6 Å². The van der Waals surface area contributed by atoms with E-state index in [9.17, 15) is 18.9 Å². The van der Waals surface area contributed by atoms with Gasteiger partial charge < -0.3 is 14.8 Å². The van der Waals surface area contributed by atoms with Crippen molar-refractivity contribution in [2.75, 3.05) is 39.6 Å². The number of phosphoric acid groups is 1. The average Bonchev–Trinajstić information content (AvgIpc) is 3.37. The highest BCUT2D eigenvalue weighted by molar-refractivity contribution is 7.48. The number of ether oxygens (including phenoxy) is 2. The number of phosphoric ester groups is 1. The van der Waals surface area contributed by atoms with Gasteiger partial charge in [-0.2, -0.15) is 0 Å². The topological polar surface area (TPSA) is 130 Å². The van der Waals surface area contributed by atoms with Crippen LogP contribution in [0.4, 0.5) is 0 Å². The monoisotopic (exact) mass is 642 g/mol. The van der Waals surface area contributed by atoms with Crippen LogP contribution in [-0.2, 0) is 42.0 Å². The van der Waals surface area contributed by atoms with Gasteiger partial charge in [-0.1, -0.05) is 65.2 Å². The molecule has 252 valence electrons. The zero-order valence-electron chi connectivity index (χ0n) is 27.5. The van der Waals surface area contributed by atoms with Crippen molar-refractivity contribution in [3.8, 4) is 0 Å². The number of nitrogens with zero attached hydrogens (tertiary/aromatic N) is 1. The molecule has 2 aliphatic carbocycles. The Bertz CT molecular complexity index is 1030. The summed E-state index contributed by atoms with van der Waals surface area (Å²) < 4.78 is 39.7. The van der Waals surface area contributed by atoms with Gasteiger partial charge in [0.2, 0.25) is 12.7 Å². The van der Waals surface area contributed by atoms with Gasteiger partial charge in [-0.05, 0) is 51.4 Å². The van der Waals surface area contributed by atoms with Crippen LogP contribution in [-0.4, -0.2) is 74.5 Å². The summed E-state index contributed by atoms with van der Waals surface area (Å²) in [6.45, 7) is 10.7. The minimum atomic E-state index is -4.15. The summed E-state index contributed by atoms with van der Waals surface area (Å²) in [5.74, 6) is 1.04. The number of carbonyl (C=O) groups is 3. The number of hydrogen-bond donors (Lipinski definition) is 1. The fourth-order valence-electron chi connectivity index (χ4n) is 6.99. The van der Waals surface area contributed by atoms with Crippen LogP contribution in [0, 0.1) is 28.6 Å². The van der Waals surface area contributed by atoms with Crippen molar-refractivity contribution >= 4 is 25.7 Å². The van der Waals surface area contributed by atoms with Crippen LogP contribution in [0.25, 0.3) is 0 Å². The second-order valence-corrected chi connectivity index (χ2v) is 16.6. The quantitative estimate of drug-likeness (QED) is 0.182. The molecular formula is C32H55N2O9P. The molecule has 12 heteroatoms. The molecule has 11 nitrogen and oxygen atoms in total. The normalized spacial score (nSPS) is 33.0. The molecular weight excluding hydrogens is 587 g/mol. The van der Waals surface area contributed by atoms with Crippen molar-refractivity contribution < 1.29 is 42.0 Å². The summed E-state index contributed by atoms with van der Waals surface area (Å²) >= 11 is 0. The minimum absolute atomic E-state index is 0.0230. The van der Waals surface area contributed by atoms with Crippen molar-refractivity contribution in [1.29, 1.82) is 0 Å². The predicted molar refractivity (Wildman–Crippen MR) is 164 cm³/mol. The molecule has 1 N–H and O–H groups in total. The third kappa shape index (κ3) is 10.2. The maximum Gasteiger partial charge on any atom is 0.478 e. The Morgan fingerprint density at radius 1 is 1.02 bits per heavy atom. The molecule has 4 rings (SSSR count). The first-order chi connectivity index (χ1) is 20.7. The lowest BCUT2D eigenvalue weighted by molar-refractivity contribution is -0.163. The number of carbonyl (C=O) groups excluding carboxylic acids is 3. The van der Waals surface area contributed by atoms with E-state index in [2.05, 4.69) is 10.2 Å². The highest BCUT2D eigenvalue weighted by Crippen LogP contribution is 2.57. The number of esters is 2. The van der Waals surface area contributed by atoms with Crippen LogP contribution in [0.5, 0.6) is 0 Å². The molecule has 4 fully saturated rings. The molecule has 0 spiro atoms. The van der Waals surface area contributed by atoms with Crippen molar-refractivity contribution in [3.05, 3.63) is 0 Å². The fourth-order valence-corrected chi connectivity index (χ4v) is 8.50. The van der Waals surface area contributed by atoms with Gasteiger partial charge in [0.1, 0.15) is 6.10 Å². The Morgan fingerprint density at radius 3 is 2.39 bits per heavy atom. The molecule has 2 saturated carbocycles. The first-order valence-electron chi connectivity index (χ1n) is 16.7. The number of rotatable bonds is 10. The molecule has 1 amide bonds. The van der Waals surface area contributed by atoms with E-state index < -0.39 is 43.4 Å². The number of hydrogen-bond acceptors (Lipinski definition) is 10. The minimum Gasteiger partial charge on any atom is -0.461 e. The van der Waals surface area contributed by atoms with E-state index in [-0.39, 0.29) is 31.6 Å². The lowest BCUT2D eigenvalue weighted by atomic mass is 9.72. The van der Waals surface area contributed by atoms with E-state index in [0.717, 1.165) is 43.8 Å². The van der Waals surface area contributed by atoms with Gasteiger partial charge in [0.25, 0.3) is 0 Å². The molecule has 44 heavy (non-hydrogen) atoms. The third-order valence-electron chi connectivity index (χ3n) is 9.62. The molecule has 4 aliphatic rings. The maximum atomic E-state index is 13.0. The highest BCUT2D eigenvalue weighted by atomic mass is 31.2. The lowest BCUT2D eigenvalue weighted by Gasteiger charge is -2.39. The standard InChI is InChI=1S/C32H55N2O9P/c1-31(2,3)30(37)39-22-41-44(38)40-21-32(4,5)28(43-44)29(36)33-16-14-27(35)42-26-15-17-34(20-26)19-25-18-23-10-6-8-12-24(25)13-9-7-11-23/h23-26,28H,6-22H2,1-5H3,(H,33,36)/t23?,24?,25?,26?,28-,44+/m0/s1. The van der Waals surface area contributed by atoms with Crippen molar-refractivity contribution in [3.63, 3.8) is 0 Å².